The Balaban J connectivity index is 1.82. The van der Waals surface area contributed by atoms with E-state index < -0.39 is 42.5 Å². The van der Waals surface area contributed by atoms with Crippen molar-refractivity contribution >= 4 is 17.7 Å². The third-order valence-corrected chi connectivity index (χ3v) is 7.50. The molecule has 0 radical (unpaired) electrons. The predicted molar refractivity (Wildman–Crippen MR) is 138 cm³/mol. The van der Waals surface area contributed by atoms with Gasteiger partial charge in [0.2, 0.25) is 17.7 Å². The molecule has 0 aromatic heterocycles. The van der Waals surface area contributed by atoms with Crippen LogP contribution < -0.4 is 16.0 Å². The van der Waals surface area contributed by atoms with E-state index in [2.05, 4.69) is 16.0 Å². The first-order chi connectivity index (χ1) is 17.9. The van der Waals surface area contributed by atoms with Crippen molar-refractivity contribution in [2.75, 3.05) is 33.2 Å². The number of nitrogens with zero attached hydrogens (tertiary/aromatic N) is 2. The fourth-order valence-electron chi connectivity index (χ4n) is 5.09. The van der Waals surface area contributed by atoms with E-state index in [9.17, 15) is 27.6 Å². The number of amides is 3. The second kappa shape index (κ2) is 12.9. The summed E-state index contributed by atoms with van der Waals surface area (Å²) in [6.07, 6.45) is -2.74. The van der Waals surface area contributed by atoms with Crippen LogP contribution in [0, 0.1) is 5.92 Å². The van der Waals surface area contributed by atoms with Gasteiger partial charge in [0.1, 0.15) is 12.1 Å². The monoisotopic (exact) mass is 539 g/mol. The lowest BCUT2D eigenvalue weighted by molar-refractivity contribution is -0.151. The van der Waals surface area contributed by atoms with Gasteiger partial charge in [-0.15, -0.1) is 0 Å². The Morgan fingerprint density at radius 1 is 1.11 bits per heavy atom. The van der Waals surface area contributed by atoms with Crippen LogP contribution in [0.1, 0.15) is 57.2 Å². The van der Waals surface area contributed by atoms with Crippen molar-refractivity contribution in [1.82, 2.24) is 25.8 Å². The van der Waals surface area contributed by atoms with Crippen LogP contribution in [0.2, 0.25) is 0 Å². The summed E-state index contributed by atoms with van der Waals surface area (Å²) in [5.41, 5.74) is 2.19. The first-order valence-electron chi connectivity index (χ1n) is 13.4. The number of likely N-dealkylation sites (N-methyl/N-ethyl adjacent to an activating group) is 1. The van der Waals surface area contributed by atoms with Crippen LogP contribution >= 0.6 is 0 Å². The lowest BCUT2D eigenvalue weighted by Crippen LogP contribution is -2.65. The molecule has 11 heteroatoms. The molecule has 3 amide bonds. The number of fused-ring (bicyclic) bond motifs is 1. The summed E-state index contributed by atoms with van der Waals surface area (Å²) in [5.74, 6) is -1.40. The molecule has 1 saturated heterocycles. The minimum absolute atomic E-state index is 0.00625. The molecule has 1 unspecified atom stereocenters. The third-order valence-electron chi connectivity index (χ3n) is 7.50. The van der Waals surface area contributed by atoms with Crippen molar-refractivity contribution in [2.24, 2.45) is 5.92 Å². The molecule has 1 aromatic rings. The number of piperazine rings is 1. The number of hydrogen-bond acceptors (Lipinski definition) is 5. The molecule has 1 aliphatic heterocycles. The summed E-state index contributed by atoms with van der Waals surface area (Å²) in [7, 11) is 1.64. The zero-order chi connectivity index (χ0) is 28.0. The third kappa shape index (κ3) is 7.69. The maximum absolute atomic E-state index is 13.7. The fraction of sp³-hybridized carbons (Fsp3) is 0.667. The molecular formula is C27H40F3N5O3. The number of alkyl halides is 3. The molecule has 8 nitrogen and oxygen atoms in total. The molecule has 0 saturated carbocycles. The van der Waals surface area contributed by atoms with Crippen LogP contribution in [-0.4, -0.2) is 85.0 Å². The maximum Gasteiger partial charge on any atom is 0.390 e. The lowest BCUT2D eigenvalue weighted by atomic mass is 9.87. The normalized spacial score (nSPS) is 21.9. The predicted octanol–water partition coefficient (Wildman–Crippen LogP) is 2.39. The molecule has 0 spiro atoms. The van der Waals surface area contributed by atoms with Gasteiger partial charge in [0.05, 0.1) is 18.5 Å². The van der Waals surface area contributed by atoms with Crippen LogP contribution in [0.4, 0.5) is 13.2 Å². The summed E-state index contributed by atoms with van der Waals surface area (Å²) in [6.45, 7) is 5.34. The van der Waals surface area contributed by atoms with E-state index in [0.29, 0.717) is 0 Å². The van der Waals surface area contributed by atoms with E-state index in [1.165, 1.54) is 4.90 Å². The zero-order valence-corrected chi connectivity index (χ0v) is 22.6. The quantitative estimate of drug-likeness (QED) is 0.448. The highest BCUT2D eigenvalue weighted by atomic mass is 19.4. The van der Waals surface area contributed by atoms with Crippen molar-refractivity contribution in [2.45, 2.75) is 76.8 Å². The zero-order valence-electron chi connectivity index (χ0n) is 22.6. The standard InChI is InChI=1S/C27H40F3N5O3/c1-17(2)23(33-24(36)18(3)31-4)26(38)35-15-14-34(13-12-27(28,29)30)16-22(35)25(37)32-21-11-7-9-19-8-5-6-10-20(19)21/h5-6,8,10,17-18,21-23,31H,7,9,11-16H2,1-4H3,(H,32,37)(H,33,36)/t18-,21?,22-,23-/m0/s1. The van der Waals surface area contributed by atoms with E-state index >= 15 is 0 Å². The molecule has 0 bridgehead atoms. The van der Waals surface area contributed by atoms with Gasteiger partial charge in [-0.05, 0) is 50.3 Å². The number of carbonyl (C=O) groups is 3. The van der Waals surface area contributed by atoms with Crippen LogP contribution in [0.5, 0.6) is 0 Å². The second-order valence-corrected chi connectivity index (χ2v) is 10.6. The molecule has 38 heavy (non-hydrogen) atoms. The van der Waals surface area contributed by atoms with Crippen molar-refractivity contribution in [3.05, 3.63) is 35.4 Å². The van der Waals surface area contributed by atoms with Crippen LogP contribution in [-0.2, 0) is 20.8 Å². The Kier molecular flexibility index (Phi) is 10.2. The average Bonchev–Trinajstić information content (AvgIpc) is 2.89. The largest absolute Gasteiger partial charge is 0.390 e. The average molecular weight is 540 g/mol. The molecule has 1 fully saturated rings. The van der Waals surface area contributed by atoms with E-state index in [0.717, 1.165) is 30.4 Å². The van der Waals surface area contributed by atoms with E-state index in [4.69, 9.17) is 0 Å². The number of benzene rings is 1. The topological polar surface area (TPSA) is 93.8 Å². The van der Waals surface area contributed by atoms with Gasteiger partial charge < -0.3 is 20.9 Å². The first kappa shape index (κ1) is 29.9. The highest BCUT2D eigenvalue weighted by Gasteiger charge is 2.41. The lowest BCUT2D eigenvalue weighted by Gasteiger charge is -2.43. The van der Waals surface area contributed by atoms with E-state index in [1.807, 2.05) is 24.3 Å². The molecule has 1 aliphatic carbocycles. The number of halogens is 3. The summed E-state index contributed by atoms with van der Waals surface area (Å²) < 4.78 is 38.7. The Morgan fingerprint density at radius 3 is 2.47 bits per heavy atom. The highest BCUT2D eigenvalue weighted by Crippen LogP contribution is 2.30. The molecule has 1 aromatic carbocycles. The van der Waals surface area contributed by atoms with Gasteiger partial charge in [0.25, 0.3) is 0 Å². The SMILES string of the molecule is CN[C@@H](C)C(=O)N[C@H](C(=O)N1CCN(CCC(F)(F)F)C[C@H]1C(=O)NC1CCCc2ccccc21)C(C)C. The molecule has 3 rings (SSSR count). The van der Waals surface area contributed by atoms with E-state index in [-0.39, 0.29) is 44.0 Å². The van der Waals surface area contributed by atoms with Crippen molar-refractivity contribution in [1.29, 1.82) is 0 Å². The van der Waals surface area contributed by atoms with Gasteiger partial charge in [-0.1, -0.05) is 38.1 Å². The number of hydrogen-bond donors (Lipinski definition) is 3. The second-order valence-electron chi connectivity index (χ2n) is 10.6. The summed E-state index contributed by atoms with van der Waals surface area (Å²) in [4.78, 5) is 43.0. The summed E-state index contributed by atoms with van der Waals surface area (Å²) >= 11 is 0. The van der Waals surface area contributed by atoms with Crippen molar-refractivity contribution in [3.8, 4) is 0 Å². The highest BCUT2D eigenvalue weighted by molar-refractivity contribution is 5.93. The van der Waals surface area contributed by atoms with Crippen LogP contribution in [0.15, 0.2) is 24.3 Å². The molecule has 4 atom stereocenters. The van der Waals surface area contributed by atoms with Gasteiger partial charge in [-0.25, -0.2) is 0 Å². The van der Waals surface area contributed by atoms with Gasteiger partial charge >= 0.3 is 6.18 Å². The minimum Gasteiger partial charge on any atom is -0.347 e. The first-order valence-corrected chi connectivity index (χ1v) is 13.4. The number of carbonyl (C=O) groups excluding carboxylic acids is 3. The molecule has 212 valence electrons. The van der Waals surface area contributed by atoms with Crippen molar-refractivity contribution in [3.63, 3.8) is 0 Å². The fourth-order valence-corrected chi connectivity index (χ4v) is 5.09. The van der Waals surface area contributed by atoms with E-state index in [1.54, 1.807) is 32.7 Å². The molecule has 3 N–H and O–H groups in total. The van der Waals surface area contributed by atoms with Crippen LogP contribution in [0.25, 0.3) is 0 Å². The van der Waals surface area contributed by atoms with Crippen LogP contribution in [0.3, 0.4) is 0 Å². The summed E-state index contributed by atoms with van der Waals surface area (Å²) in [6, 6.07) is 5.29. The molecule has 1 heterocycles. The Labute approximate surface area is 222 Å². The van der Waals surface area contributed by atoms with Gasteiger partial charge in [0, 0.05) is 26.2 Å². The van der Waals surface area contributed by atoms with Gasteiger partial charge in [-0.3, -0.25) is 19.3 Å². The molecular weight excluding hydrogens is 499 g/mol. The maximum atomic E-state index is 13.7. The smallest absolute Gasteiger partial charge is 0.347 e. The van der Waals surface area contributed by atoms with Gasteiger partial charge in [-0.2, -0.15) is 13.2 Å². The Bertz CT molecular complexity index is 987. The minimum atomic E-state index is -4.31. The molecule has 2 aliphatic rings. The summed E-state index contributed by atoms with van der Waals surface area (Å²) in [5, 5.41) is 8.71. The van der Waals surface area contributed by atoms with Crippen molar-refractivity contribution < 1.29 is 27.6 Å². The Morgan fingerprint density at radius 2 is 1.82 bits per heavy atom. The Hall–Kier alpha value is -2.66. The number of aryl methyl sites for hydroxylation is 1. The number of rotatable bonds is 9. The van der Waals surface area contributed by atoms with Gasteiger partial charge in [0.15, 0.2) is 0 Å². The number of nitrogens with one attached hydrogen (secondary N) is 3.